The van der Waals surface area contributed by atoms with Crippen molar-refractivity contribution >= 4 is 49.3 Å². The summed E-state index contributed by atoms with van der Waals surface area (Å²) in [6.45, 7) is 2.30. The molecule has 0 bridgehead atoms. The van der Waals surface area contributed by atoms with Gasteiger partial charge in [-0.1, -0.05) is 24.7 Å². The number of anilines is 2. The zero-order valence-electron chi connectivity index (χ0n) is 15.1. The summed E-state index contributed by atoms with van der Waals surface area (Å²) in [5.41, 5.74) is 0.628. The van der Waals surface area contributed by atoms with Crippen molar-refractivity contribution < 1.29 is 22.8 Å². The van der Waals surface area contributed by atoms with Crippen LogP contribution in [-0.2, 0) is 10.0 Å². The topological polar surface area (TPSA) is 138 Å². The summed E-state index contributed by atoms with van der Waals surface area (Å²) < 4.78 is 24.5. The van der Waals surface area contributed by atoms with Crippen molar-refractivity contribution in [1.29, 1.82) is 0 Å². The van der Waals surface area contributed by atoms with Crippen LogP contribution in [0.25, 0.3) is 0 Å². The lowest BCUT2D eigenvalue weighted by Gasteiger charge is -2.12. The van der Waals surface area contributed by atoms with E-state index in [1.165, 1.54) is 23.1 Å². The molecule has 0 saturated heterocycles. The predicted octanol–water partition coefficient (Wildman–Crippen LogP) is 1.56. The number of hydrogen-bond acceptors (Lipinski definition) is 8. The van der Waals surface area contributed by atoms with E-state index in [0.29, 0.717) is 13.0 Å². The summed E-state index contributed by atoms with van der Waals surface area (Å²) >= 11 is 0.845. The zero-order chi connectivity index (χ0) is 20.5. The summed E-state index contributed by atoms with van der Waals surface area (Å²) in [5.74, 6) is -1.34. The van der Waals surface area contributed by atoms with Crippen molar-refractivity contribution in [2.24, 2.45) is 0 Å². The Bertz CT molecular complexity index is 1060. The molecule has 148 valence electrons. The number of benzene rings is 1. The highest BCUT2D eigenvalue weighted by Gasteiger charge is 2.35. The number of aromatic nitrogens is 2. The molecule has 0 fully saturated rings. The molecule has 1 aromatic carbocycles. The lowest BCUT2D eigenvalue weighted by molar-refractivity contribution is 0.0652. The van der Waals surface area contributed by atoms with E-state index in [0.717, 1.165) is 24.0 Å². The van der Waals surface area contributed by atoms with Crippen molar-refractivity contribution in [3.05, 3.63) is 34.9 Å². The molecule has 10 nitrogen and oxygen atoms in total. The number of carbonyl (C=O) groups excluding carboxylic acids is 3. The van der Waals surface area contributed by atoms with E-state index in [9.17, 15) is 22.8 Å². The van der Waals surface area contributed by atoms with Crippen LogP contribution in [-0.4, -0.2) is 54.0 Å². The molecule has 3 rings (SSSR count). The number of fused-ring (bicyclic) bond motifs is 1. The lowest BCUT2D eigenvalue weighted by Crippen LogP contribution is -2.30. The van der Waals surface area contributed by atoms with Crippen molar-refractivity contribution in [3.63, 3.8) is 0 Å². The van der Waals surface area contributed by atoms with Gasteiger partial charge in [-0.15, -0.1) is 10.2 Å². The molecule has 0 unspecified atom stereocenters. The SMILES string of the molecule is CCCCN1C(=O)c2ccc(C(=O)Nc3nnc(NS(C)(=O)=O)s3)cc2C1=O. The smallest absolute Gasteiger partial charge is 0.261 e. The van der Waals surface area contributed by atoms with Crippen LogP contribution in [0.5, 0.6) is 0 Å². The van der Waals surface area contributed by atoms with Crippen molar-refractivity contribution in [3.8, 4) is 0 Å². The van der Waals surface area contributed by atoms with Gasteiger partial charge in [-0.25, -0.2) is 8.42 Å². The van der Waals surface area contributed by atoms with Crippen LogP contribution < -0.4 is 10.0 Å². The van der Waals surface area contributed by atoms with Gasteiger partial charge >= 0.3 is 0 Å². The van der Waals surface area contributed by atoms with Gasteiger partial charge in [0, 0.05) is 12.1 Å². The summed E-state index contributed by atoms with van der Waals surface area (Å²) in [6, 6.07) is 4.26. The van der Waals surface area contributed by atoms with E-state index >= 15 is 0 Å². The third-order valence-electron chi connectivity index (χ3n) is 3.89. The Labute approximate surface area is 165 Å². The Morgan fingerprint density at radius 2 is 1.82 bits per heavy atom. The number of hydrogen-bond donors (Lipinski definition) is 2. The molecular weight excluding hydrogens is 406 g/mol. The Balaban J connectivity index is 1.76. The second kappa shape index (κ2) is 7.64. The van der Waals surface area contributed by atoms with Crippen LogP contribution in [0.2, 0.25) is 0 Å². The molecule has 1 aromatic heterocycles. The van der Waals surface area contributed by atoms with Gasteiger partial charge in [-0.3, -0.25) is 29.3 Å². The standard InChI is InChI=1S/C16H17N5O5S2/c1-3-4-7-21-13(23)10-6-5-9(8-11(10)14(21)24)12(22)17-15-18-19-16(27-15)20-28(2,25)26/h5-6,8H,3-4,7H2,1-2H3,(H,19,20)(H,17,18,22). The molecule has 2 N–H and O–H groups in total. The normalized spacial score (nSPS) is 13.6. The van der Waals surface area contributed by atoms with Crippen LogP contribution in [0.1, 0.15) is 50.8 Å². The second-order valence-corrected chi connectivity index (χ2v) is 8.84. The first-order valence-corrected chi connectivity index (χ1v) is 11.0. The molecule has 0 spiro atoms. The molecule has 28 heavy (non-hydrogen) atoms. The zero-order valence-corrected chi connectivity index (χ0v) is 16.7. The maximum absolute atomic E-state index is 12.5. The molecule has 1 aliphatic heterocycles. The molecule has 0 saturated carbocycles. The summed E-state index contributed by atoms with van der Waals surface area (Å²) in [4.78, 5) is 38.4. The molecule has 12 heteroatoms. The number of amides is 3. The fraction of sp³-hybridized carbons (Fsp3) is 0.312. The van der Waals surface area contributed by atoms with Crippen LogP contribution >= 0.6 is 11.3 Å². The maximum Gasteiger partial charge on any atom is 0.261 e. The molecule has 0 radical (unpaired) electrons. The van der Waals surface area contributed by atoms with Crippen molar-refractivity contribution in [1.82, 2.24) is 15.1 Å². The molecule has 2 aromatic rings. The molecule has 1 aliphatic rings. The first kappa shape index (κ1) is 19.9. The molecule has 3 amide bonds. The average Bonchev–Trinajstić information content (AvgIpc) is 3.14. The minimum atomic E-state index is -3.50. The average molecular weight is 423 g/mol. The van der Waals surface area contributed by atoms with E-state index in [1.54, 1.807) is 0 Å². The van der Waals surface area contributed by atoms with E-state index in [-0.39, 0.29) is 32.9 Å². The Hall–Kier alpha value is -2.86. The van der Waals surface area contributed by atoms with Gasteiger partial charge in [0.05, 0.1) is 17.4 Å². The van der Waals surface area contributed by atoms with Crippen LogP contribution in [0.15, 0.2) is 18.2 Å². The minimum Gasteiger partial charge on any atom is -0.296 e. The molecule has 2 heterocycles. The first-order valence-electron chi connectivity index (χ1n) is 8.32. The number of sulfonamides is 1. The third-order valence-corrected chi connectivity index (χ3v) is 5.33. The molecule has 0 atom stereocenters. The number of nitrogens with zero attached hydrogens (tertiary/aromatic N) is 3. The summed E-state index contributed by atoms with van der Waals surface area (Å²) in [5, 5.41) is 9.90. The third kappa shape index (κ3) is 4.17. The lowest BCUT2D eigenvalue weighted by atomic mass is 10.1. The molecule has 0 aliphatic carbocycles. The van der Waals surface area contributed by atoms with Gasteiger partial charge in [0.15, 0.2) is 0 Å². The van der Waals surface area contributed by atoms with E-state index in [4.69, 9.17) is 0 Å². The number of carbonyl (C=O) groups is 3. The highest BCUT2D eigenvalue weighted by molar-refractivity contribution is 7.92. The van der Waals surface area contributed by atoms with Gasteiger partial charge in [0.25, 0.3) is 17.7 Å². The highest BCUT2D eigenvalue weighted by atomic mass is 32.2. The number of unbranched alkanes of at least 4 members (excludes halogenated alkanes) is 1. The van der Waals surface area contributed by atoms with Gasteiger partial charge < -0.3 is 0 Å². The van der Waals surface area contributed by atoms with Gasteiger partial charge in [0.2, 0.25) is 20.3 Å². The minimum absolute atomic E-state index is 0.0130. The van der Waals surface area contributed by atoms with Gasteiger partial charge in [-0.05, 0) is 24.6 Å². The molecular formula is C16H17N5O5S2. The Morgan fingerprint density at radius 3 is 2.50 bits per heavy atom. The number of nitrogens with one attached hydrogen (secondary N) is 2. The monoisotopic (exact) mass is 423 g/mol. The maximum atomic E-state index is 12.5. The fourth-order valence-electron chi connectivity index (χ4n) is 2.59. The Kier molecular flexibility index (Phi) is 5.42. The fourth-order valence-corrected chi connectivity index (χ4v) is 4.06. The largest absolute Gasteiger partial charge is 0.296 e. The summed E-state index contributed by atoms with van der Waals surface area (Å²) in [6.07, 6.45) is 2.53. The van der Waals surface area contributed by atoms with Crippen LogP contribution in [0.4, 0.5) is 10.3 Å². The number of imide groups is 1. The quantitative estimate of drug-likeness (QED) is 0.644. The van der Waals surface area contributed by atoms with Crippen LogP contribution in [0, 0.1) is 0 Å². The van der Waals surface area contributed by atoms with Crippen molar-refractivity contribution in [2.45, 2.75) is 19.8 Å². The first-order chi connectivity index (χ1) is 13.2. The highest BCUT2D eigenvalue weighted by Crippen LogP contribution is 2.26. The van der Waals surface area contributed by atoms with Crippen LogP contribution in [0.3, 0.4) is 0 Å². The second-order valence-electron chi connectivity index (χ2n) is 6.12. The van der Waals surface area contributed by atoms with E-state index < -0.39 is 21.8 Å². The van der Waals surface area contributed by atoms with E-state index in [1.807, 2.05) is 6.92 Å². The van der Waals surface area contributed by atoms with Gasteiger partial charge in [0.1, 0.15) is 0 Å². The Morgan fingerprint density at radius 1 is 1.14 bits per heavy atom. The van der Waals surface area contributed by atoms with E-state index in [2.05, 4.69) is 20.2 Å². The predicted molar refractivity (Wildman–Crippen MR) is 103 cm³/mol. The number of rotatable bonds is 7. The van der Waals surface area contributed by atoms with Gasteiger partial charge in [-0.2, -0.15) is 0 Å². The van der Waals surface area contributed by atoms with Crippen molar-refractivity contribution in [2.75, 3.05) is 22.8 Å². The summed E-state index contributed by atoms with van der Waals surface area (Å²) in [7, 11) is -3.50.